The predicted molar refractivity (Wildman–Crippen MR) is 60.8 cm³/mol. The number of halogens is 1. The van der Waals surface area contributed by atoms with Gasteiger partial charge in [-0.3, -0.25) is 0 Å². The first-order chi connectivity index (χ1) is 6.15. The standard InChI is InChI=1S/C10H14BrNS/c1-7-8(2)13-9(12-7)5-10(6-11)3-4-10/h3-6H2,1-2H3. The van der Waals surface area contributed by atoms with Crippen molar-refractivity contribution in [3.8, 4) is 0 Å². The van der Waals surface area contributed by atoms with Crippen molar-refractivity contribution in [1.29, 1.82) is 0 Å². The number of nitrogens with zero attached hydrogens (tertiary/aromatic N) is 1. The van der Waals surface area contributed by atoms with Gasteiger partial charge in [0.1, 0.15) is 0 Å². The normalized spacial score (nSPS) is 19.0. The number of aromatic nitrogens is 1. The number of hydrogen-bond donors (Lipinski definition) is 0. The molecule has 1 heterocycles. The fraction of sp³-hybridized carbons (Fsp3) is 0.700. The number of thiazole rings is 1. The molecule has 1 aromatic heterocycles. The molecule has 0 aromatic carbocycles. The second-order valence-corrected chi connectivity index (χ2v) is 5.91. The highest BCUT2D eigenvalue weighted by atomic mass is 79.9. The summed E-state index contributed by atoms with van der Waals surface area (Å²) in [4.78, 5) is 5.96. The number of hydrogen-bond acceptors (Lipinski definition) is 2. The zero-order chi connectivity index (χ0) is 9.47. The third-order valence-electron chi connectivity index (χ3n) is 2.84. The van der Waals surface area contributed by atoms with Crippen LogP contribution in [-0.2, 0) is 6.42 Å². The molecule has 0 spiro atoms. The van der Waals surface area contributed by atoms with Crippen LogP contribution >= 0.6 is 27.3 Å². The average molecular weight is 260 g/mol. The van der Waals surface area contributed by atoms with Gasteiger partial charge in [-0.25, -0.2) is 4.98 Å². The third kappa shape index (κ3) is 1.96. The second-order valence-electron chi connectivity index (χ2n) is 4.06. The summed E-state index contributed by atoms with van der Waals surface area (Å²) >= 11 is 5.46. The fourth-order valence-corrected chi connectivity index (χ4v) is 3.34. The van der Waals surface area contributed by atoms with E-state index in [0.29, 0.717) is 5.41 Å². The van der Waals surface area contributed by atoms with Crippen LogP contribution in [0, 0.1) is 19.3 Å². The van der Waals surface area contributed by atoms with E-state index in [0.717, 1.165) is 5.33 Å². The maximum atomic E-state index is 4.58. The minimum Gasteiger partial charge on any atom is -0.246 e. The van der Waals surface area contributed by atoms with Crippen LogP contribution in [0.25, 0.3) is 0 Å². The van der Waals surface area contributed by atoms with E-state index in [-0.39, 0.29) is 0 Å². The van der Waals surface area contributed by atoms with Crippen LogP contribution in [0.3, 0.4) is 0 Å². The monoisotopic (exact) mass is 259 g/mol. The van der Waals surface area contributed by atoms with E-state index in [4.69, 9.17) is 0 Å². The Labute approximate surface area is 91.7 Å². The maximum absolute atomic E-state index is 4.58. The molecule has 0 amide bonds. The first-order valence-corrected chi connectivity index (χ1v) is 6.58. The van der Waals surface area contributed by atoms with E-state index in [1.54, 1.807) is 0 Å². The Morgan fingerprint density at radius 1 is 1.46 bits per heavy atom. The summed E-state index contributed by atoms with van der Waals surface area (Å²) in [5.41, 5.74) is 1.78. The Bertz CT molecular complexity index is 295. The first-order valence-electron chi connectivity index (χ1n) is 4.64. The lowest BCUT2D eigenvalue weighted by Gasteiger charge is -2.07. The lowest BCUT2D eigenvalue weighted by atomic mass is 10.1. The Morgan fingerprint density at radius 2 is 2.15 bits per heavy atom. The minimum atomic E-state index is 0.566. The van der Waals surface area contributed by atoms with Crippen LogP contribution in [0.1, 0.15) is 28.4 Å². The molecule has 1 aromatic rings. The highest BCUT2D eigenvalue weighted by Crippen LogP contribution is 2.50. The molecule has 1 nitrogen and oxygen atoms in total. The molecule has 0 aliphatic heterocycles. The summed E-state index contributed by atoms with van der Waals surface area (Å²) < 4.78 is 0. The number of aryl methyl sites for hydroxylation is 2. The van der Waals surface area contributed by atoms with E-state index in [1.165, 1.54) is 34.8 Å². The molecule has 0 atom stereocenters. The van der Waals surface area contributed by atoms with Crippen molar-refractivity contribution < 1.29 is 0 Å². The van der Waals surface area contributed by atoms with Crippen LogP contribution < -0.4 is 0 Å². The smallest absolute Gasteiger partial charge is 0.0936 e. The lowest BCUT2D eigenvalue weighted by Crippen LogP contribution is -2.05. The van der Waals surface area contributed by atoms with Crippen LogP contribution in [0.15, 0.2) is 0 Å². The molecule has 0 saturated heterocycles. The van der Waals surface area contributed by atoms with Gasteiger partial charge in [0, 0.05) is 16.6 Å². The van der Waals surface area contributed by atoms with Crippen molar-refractivity contribution in [1.82, 2.24) is 4.98 Å². The summed E-state index contributed by atoms with van der Waals surface area (Å²) in [5.74, 6) is 0. The topological polar surface area (TPSA) is 12.9 Å². The zero-order valence-electron chi connectivity index (χ0n) is 8.06. The van der Waals surface area contributed by atoms with Gasteiger partial charge in [-0.1, -0.05) is 15.9 Å². The predicted octanol–water partition coefficient (Wildman–Crippen LogP) is 3.48. The van der Waals surface area contributed by atoms with Crippen molar-refractivity contribution in [3.63, 3.8) is 0 Å². The van der Waals surface area contributed by atoms with E-state index < -0.39 is 0 Å². The van der Waals surface area contributed by atoms with Gasteiger partial charge >= 0.3 is 0 Å². The summed E-state index contributed by atoms with van der Waals surface area (Å²) in [7, 11) is 0. The molecule has 2 rings (SSSR count). The molecule has 1 aliphatic rings. The molecule has 1 aliphatic carbocycles. The van der Waals surface area contributed by atoms with E-state index in [1.807, 2.05) is 11.3 Å². The van der Waals surface area contributed by atoms with Crippen molar-refractivity contribution in [2.75, 3.05) is 5.33 Å². The van der Waals surface area contributed by atoms with Gasteiger partial charge in [0.2, 0.25) is 0 Å². The zero-order valence-corrected chi connectivity index (χ0v) is 10.5. The third-order valence-corrected chi connectivity index (χ3v) is 5.10. The molecule has 0 N–H and O–H groups in total. The quantitative estimate of drug-likeness (QED) is 0.758. The maximum Gasteiger partial charge on any atom is 0.0936 e. The Kier molecular flexibility index (Phi) is 2.49. The van der Waals surface area contributed by atoms with Gasteiger partial charge in [0.05, 0.1) is 10.7 Å². The minimum absolute atomic E-state index is 0.566. The van der Waals surface area contributed by atoms with Gasteiger partial charge in [-0.2, -0.15) is 0 Å². The van der Waals surface area contributed by atoms with Crippen molar-refractivity contribution in [2.24, 2.45) is 5.41 Å². The van der Waals surface area contributed by atoms with Crippen LogP contribution in [0.4, 0.5) is 0 Å². The highest BCUT2D eigenvalue weighted by Gasteiger charge is 2.42. The summed E-state index contributed by atoms with van der Waals surface area (Å²) in [6.07, 6.45) is 3.92. The fourth-order valence-electron chi connectivity index (χ4n) is 1.47. The molecule has 72 valence electrons. The van der Waals surface area contributed by atoms with Crippen LogP contribution in [-0.4, -0.2) is 10.3 Å². The Hall–Kier alpha value is 0.110. The molecule has 13 heavy (non-hydrogen) atoms. The van der Waals surface area contributed by atoms with Gasteiger partial charge in [-0.15, -0.1) is 11.3 Å². The molecule has 0 radical (unpaired) electrons. The Balaban J connectivity index is 2.10. The van der Waals surface area contributed by atoms with Crippen LogP contribution in [0.2, 0.25) is 0 Å². The molecule has 3 heteroatoms. The SMILES string of the molecule is Cc1nc(CC2(CBr)CC2)sc1C. The van der Waals surface area contributed by atoms with Gasteiger partial charge in [-0.05, 0) is 32.1 Å². The molecule has 0 unspecified atom stereocenters. The van der Waals surface area contributed by atoms with E-state index >= 15 is 0 Å². The number of alkyl halides is 1. The summed E-state index contributed by atoms with van der Waals surface area (Å²) in [5, 5.41) is 2.46. The summed E-state index contributed by atoms with van der Waals surface area (Å²) in [6.45, 7) is 4.26. The largest absolute Gasteiger partial charge is 0.246 e. The molecular weight excluding hydrogens is 246 g/mol. The second kappa shape index (κ2) is 3.35. The van der Waals surface area contributed by atoms with E-state index in [9.17, 15) is 0 Å². The van der Waals surface area contributed by atoms with E-state index in [2.05, 4.69) is 34.8 Å². The lowest BCUT2D eigenvalue weighted by molar-refractivity contribution is 0.584. The first kappa shape index (κ1) is 9.66. The molecule has 1 saturated carbocycles. The van der Waals surface area contributed by atoms with Gasteiger partial charge < -0.3 is 0 Å². The molecule has 0 bridgehead atoms. The highest BCUT2D eigenvalue weighted by molar-refractivity contribution is 9.09. The van der Waals surface area contributed by atoms with Crippen molar-refractivity contribution >= 4 is 27.3 Å². The number of rotatable bonds is 3. The Morgan fingerprint density at radius 3 is 2.54 bits per heavy atom. The summed E-state index contributed by atoms with van der Waals surface area (Å²) in [6, 6.07) is 0. The van der Waals surface area contributed by atoms with Gasteiger partial charge in [0.15, 0.2) is 0 Å². The average Bonchev–Trinajstić information content (AvgIpc) is 2.78. The molecular formula is C10H14BrNS. The van der Waals surface area contributed by atoms with Crippen molar-refractivity contribution in [2.45, 2.75) is 33.1 Å². The molecule has 1 fully saturated rings. The van der Waals surface area contributed by atoms with Crippen LogP contribution in [0.5, 0.6) is 0 Å². The van der Waals surface area contributed by atoms with Crippen molar-refractivity contribution in [3.05, 3.63) is 15.6 Å². The van der Waals surface area contributed by atoms with Gasteiger partial charge in [0.25, 0.3) is 0 Å².